The highest BCUT2D eigenvalue weighted by molar-refractivity contribution is 5.95. The molecule has 3 rings (SSSR count). The van der Waals surface area contributed by atoms with E-state index in [-0.39, 0.29) is 12.5 Å². The first-order valence-electron chi connectivity index (χ1n) is 7.78. The van der Waals surface area contributed by atoms with Gasteiger partial charge in [0.15, 0.2) is 0 Å². The minimum absolute atomic E-state index is 0.189. The Kier molecular flexibility index (Phi) is 4.74. The van der Waals surface area contributed by atoms with Gasteiger partial charge in [-0.05, 0) is 18.1 Å². The molecular weight excluding hydrogens is 308 g/mol. The summed E-state index contributed by atoms with van der Waals surface area (Å²) in [4.78, 5) is 29.2. The molecule has 0 aliphatic carbocycles. The number of hydrogen-bond acceptors (Lipinski definition) is 4. The molecule has 0 radical (unpaired) electrons. The first-order valence-corrected chi connectivity index (χ1v) is 7.78. The number of aliphatic carboxylic acids is 1. The third-order valence-corrected chi connectivity index (χ3v) is 4.04. The molecule has 2 heterocycles. The summed E-state index contributed by atoms with van der Waals surface area (Å²) in [5.41, 5.74) is 1.47. The number of carboxylic acids is 1. The van der Waals surface area contributed by atoms with Crippen LogP contribution in [0.5, 0.6) is 5.88 Å². The molecule has 1 aliphatic heterocycles. The first-order chi connectivity index (χ1) is 11.6. The fourth-order valence-electron chi connectivity index (χ4n) is 2.68. The molecule has 124 valence electrons. The lowest BCUT2D eigenvalue weighted by Gasteiger charge is -2.16. The van der Waals surface area contributed by atoms with Gasteiger partial charge in [-0.1, -0.05) is 30.3 Å². The molecule has 2 aromatic rings. The van der Waals surface area contributed by atoms with Crippen LogP contribution in [0, 0.1) is 5.92 Å². The van der Waals surface area contributed by atoms with Crippen LogP contribution in [0.1, 0.15) is 22.3 Å². The molecule has 0 saturated carbocycles. The molecule has 24 heavy (non-hydrogen) atoms. The summed E-state index contributed by atoms with van der Waals surface area (Å²) in [6.45, 7) is 1.07. The molecule has 1 amide bonds. The zero-order chi connectivity index (χ0) is 16.9. The van der Waals surface area contributed by atoms with Gasteiger partial charge in [0, 0.05) is 30.9 Å². The number of benzene rings is 1. The van der Waals surface area contributed by atoms with Crippen molar-refractivity contribution < 1.29 is 19.4 Å². The van der Waals surface area contributed by atoms with Gasteiger partial charge in [-0.2, -0.15) is 0 Å². The molecule has 1 aromatic carbocycles. The average molecular weight is 326 g/mol. The predicted molar refractivity (Wildman–Crippen MR) is 86.7 cm³/mol. The summed E-state index contributed by atoms with van der Waals surface area (Å²) in [6.07, 6.45) is 2.02. The molecule has 6 heteroatoms. The zero-order valence-electron chi connectivity index (χ0n) is 13.1. The summed E-state index contributed by atoms with van der Waals surface area (Å²) >= 11 is 0. The third-order valence-electron chi connectivity index (χ3n) is 4.04. The van der Waals surface area contributed by atoms with Crippen LogP contribution in [0.3, 0.4) is 0 Å². The van der Waals surface area contributed by atoms with E-state index in [0.29, 0.717) is 31.0 Å². The van der Waals surface area contributed by atoms with Crippen LogP contribution in [0.4, 0.5) is 0 Å². The third kappa shape index (κ3) is 3.71. The van der Waals surface area contributed by atoms with E-state index in [1.54, 1.807) is 17.0 Å². The van der Waals surface area contributed by atoms with E-state index in [2.05, 4.69) is 4.98 Å². The number of aromatic nitrogens is 1. The molecule has 1 aliphatic rings. The maximum Gasteiger partial charge on any atom is 0.308 e. The number of ether oxygens (including phenoxy) is 1. The highest BCUT2D eigenvalue weighted by Gasteiger charge is 2.31. The van der Waals surface area contributed by atoms with Crippen molar-refractivity contribution in [1.29, 1.82) is 0 Å². The van der Waals surface area contributed by atoms with Gasteiger partial charge < -0.3 is 14.7 Å². The van der Waals surface area contributed by atoms with E-state index in [1.807, 2.05) is 30.3 Å². The molecule has 1 N–H and O–H groups in total. The first kappa shape index (κ1) is 16.0. The number of nitrogens with zero attached hydrogens (tertiary/aromatic N) is 2. The van der Waals surface area contributed by atoms with Gasteiger partial charge in [0.25, 0.3) is 5.91 Å². The molecule has 1 saturated heterocycles. The van der Waals surface area contributed by atoms with Gasteiger partial charge in [0.05, 0.1) is 5.92 Å². The van der Waals surface area contributed by atoms with E-state index in [4.69, 9.17) is 9.84 Å². The van der Waals surface area contributed by atoms with Crippen LogP contribution in [-0.2, 0) is 11.4 Å². The van der Waals surface area contributed by atoms with Crippen molar-refractivity contribution in [3.63, 3.8) is 0 Å². The van der Waals surface area contributed by atoms with Crippen molar-refractivity contribution in [2.24, 2.45) is 5.92 Å². The van der Waals surface area contributed by atoms with Crippen molar-refractivity contribution in [2.75, 3.05) is 13.1 Å². The Bertz CT molecular complexity index is 733. The highest BCUT2D eigenvalue weighted by Crippen LogP contribution is 2.20. The van der Waals surface area contributed by atoms with Crippen LogP contribution in [0.2, 0.25) is 0 Å². The Morgan fingerprint density at radius 3 is 2.75 bits per heavy atom. The fraction of sp³-hybridized carbons (Fsp3) is 0.278. The summed E-state index contributed by atoms with van der Waals surface area (Å²) in [5.74, 6) is -1.15. The van der Waals surface area contributed by atoms with Gasteiger partial charge in [-0.15, -0.1) is 0 Å². The van der Waals surface area contributed by atoms with Crippen LogP contribution < -0.4 is 4.74 Å². The summed E-state index contributed by atoms with van der Waals surface area (Å²) in [7, 11) is 0. The second-order valence-electron chi connectivity index (χ2n) is 5.73. The lowest BCUT2D eigenvalue weighted by molar-refractivity contribution is -0.141. The fourth-order valence-corrected chi connectivity index (χ4v) is 2.68. The zero-order valence-corrected chi connectivity index (χ0v) is 13.1. The predicted octanol–water partition coefficient (Wildman–Crippen LogP) is 2.21. The van der Waals surface area contributed by atoms with Crippen LogP contribution in [0.25, 0.3) is 0 Å². The van der Waals surface area contributed by atoms with Crippen molar-refractivity contribution in [1.82, 2.24) is 9.88 Å². The molecule has 0 bridgehead atoms. The standard InChI is InChI=1S/C18H18N2O4/c21-17(20-9-7-15(11-20)18(22)23)14-6-8-19-16(10-14)24-12-13-4-2-1-3-5-13/h1-6,8,10,15H,7,9,11-12H2,(H,22,23). The number of hydrogen-bond donors (Lipinski definition) is 1. The number of likely N-dealkylation sites (tertiary alicyclic amines) is 1. The van der Waals surface area contributed by atoms with Crippen molar-refractivity contribution in [3.8, 4) is 5.88 Å². The number of rotatable bonds is 5. The van der Waals surface area contributed by atoms with E-state index in [1.165, 1.54) is 6.20 Å². The quantitative estimate of drug-likeness (QED) is 0.911. The number of carbonyl (C=O) groups is 2. The molecular formula is C18H18N2O4. The van der Waals surface area contributed by atoms with Crippen molar-refractivity contribution in [2.45, 2.75) is 13.0 Å². The van der Waals surface area contributed by atoms with Gasteiger partial charge in [0.2, 0.25) is 5.88 Å². The van der Waals surface area contributed by atoms with E-state index in [9.17, 15) is 9.59 Å². The Labute approximate surface area is 139 Å². The number of carbonyl (C=O) groups excluding carboxylic acids is 1. The maximum atomic E-state index is 12.5. The van der Waals surface area contributed by atoms with E-state index in [0.717, 1.165) is 5.56 Å². The van der Waals surface area contributed by atoms with Gasteiger partial charge in [-0.3, -0.25) is 9.59 Å². The van der Waals surface area contributed by atoms with Crippen molar-refractivity contribution in [3.05, 3.63) is 59.8 Å². The molecule has 0 spiro atoms. The van der Waals surface area contributed by atoms with Crippen LogP contribution in [0.15, 0.2) is 48.7 Å². The SMILES string of the molecule is O=C(O)C1CCN(C(=O)c2ccnc(OCc3ccccc3)c2)C1. The largest absolute Gasteiger partial charge is 0.481 e. The second kappa shape index (κ2) is 7.12. The molecule has 1 fully saturated rings. The monoisotopic (exact) mass is 326 g/mol. The lowest BCUT2D eigenvalue weighted by atomic mass is 10.1. The normalized spacial score (nSPS) is 16.8. The smallest absolute Gasteiger partial charge is 0.308 e. The summed E-state index contributed by atoms with van der Waals surface area (Å²) in [6, 6.07) is 12.9. The Balaban J connectivity index is 1.64. The molecule has 1 aromatic heterocycles. The van der Waals surface area contributed by atoms with Gasteiger partial charge in [0.1, 0.15) is 6.61 Å². The topological polar surface area (TPSA) is 79.7 Å². The van der Waals surface area contributed by atoms with Gasteiger partial charge in [-0.25, -0.2) is 4.98 Å². The van der Waals surface area contributed by atoms with Crippen LogP contribution in [-0.4, -0.2) is 40.0 Å². The maximum absolute atomic E-state index is 12.5. The second-order valence-corrected chi connectivity index (χ2v) is 5.73. The Hall–Kier alpha value is -2.89. The van der Waals surface area contributed by atoms with E-state index >= 15 is 0 Å². The molecule has 6 nitrogen and oxygen atoms in total. The lowest BCUT2D eigenvalue weighted by Crippen LogP contribution is -2.30. The number of amides is 1. The van der Waals surface area contributed by atoms with Gasteiger partial charge >= 0.3 is 5.97 Å². The molecule has 1 unspecified atom stereocenters. The van der Waals surface area contributed by atoms with Crippen molar-refractivity contribution >= 4 is 11.9 Å². The minimum Gasteiger partial charge on any atom is -0.481 e. The summed E-state index contributed by atoms with van der Waals surface area (Å²) in [5, 5.41) is 9.04. The Morgan fingerprint density at radius 2 is 2.04 bits per heavy atom. The summed E-state index contributed by atoms with van der Waals surface area (Å²) < 4.78 is 5.63. The number of pyridine rings is 1. The molecule has 1 atom stereocenters. The van der Waals surface area contributed by atoms with E-state index < -0.39 is 11.9 Å². The average Bonchev–Trinajstić information content (AvgIpc) is 3.11. The minimum atomic E-state index is -0.855. The van der Waals surface area contributed by atoms with Crippen LogP contribution >= 0.6 is 0 Å². The highest BCUT2D eigenvalue weighted by atomic mass is 16.5. The Morgan fingerprint density at radius 1 is 1.25 bits per heavy atom. The number of carboxylic acid groups (broad SMARTS) is 1.